The molecule has 18 heavy (non-hydrogen) atoms. The Morgan fingerprint density at radius 1 is 1.22 bits per heavy atom. The fraction of sp³-hybridized carbons (Fsp3) is 0.385. The van der Waals surface area contributed by atoms with Gasteiger partial charge < -0.3 is 9.64 Å². The number of rotatable bonds is 5. The molecule has 0 fully saturated rings. The van der Waals surface area contributed by atoms with Crippen LogP contribution in [-0.4, -0.2) is 44.0 Å². The summed E-state index contributed by atoms with van der Waals surface area (Å²) in [6.45, 7) is 1.44. The fourth-order valence-corrected chi connectivity index (χ4v) is 1.87. The normalized spacial score (nSPS) is 13.7. The minimum Gasteiger partial charge on any atom is -0.493 e. The first-order chi connectivity index (χ1) is 8.59. The van der Waals surface area contributed by atoms with Crippen molar-refractivity contribution in [3.63, 3.8) is 0 Å². The van der Waals surface area contributed by atoms with Gasteiger partial charge in [-0.05, 0) is 32.6 Å². The Labute approximate surface area is 106 Å². The smallest absolute Gasteiger partial charge is 0.262 e. The molecular weight excluding hydrogens is 232 g/mol. The molecule has 0 saturated heterocycles. The summed E-state index contributed by atoms with van der Waals surface area (Å²) in [5, 5.41) is 2.27. The molecule has 0 unspecified atom stereocenters. The van der Waals surface area contributed by atoms with E-state index in [2.05, 4.69) is 10.2 Å². The number of fused-ring (bicyclic) bond motifs is 1. The monoisotopic (exact) mass is 248 g/mol. The van der Waals surface area contributed by atoms with Crippen molar-refractivity contribution in [3.8, 4) is 5.75 Å². The lowest BCUT2D eigenvalue weighted by Gasteiger charge is -2.11. The second-order valence-corrected chi connectivity index (χ2v) is 4.47. The number of carbonyl (C=O) groups excluding carboxylic acids is 2. The lowest BCUT2D eigenvalue weighted by atomic mass is 10.1. The van der Waals surface area contributed by atoms with Gasteiger partial charge in [-0.15, -0.1) is 0 Å². The van der Waals surface area contributed by atoms with Crippen LogP contribution in [0.1, 0.15) is 27.1 Å². The number of benzene rings is 1. The second-order valence-electron chi connectivity index (χ2n) is 4.47. The standard InChI is InChI=1S/C13H16N2O3/c1-15(2)7-4-8-18-10-6-3-5-9-11(10)13(17)14-12(9)16/h3,5-6H,4,7-8H2,1-2H3,(H,14,16,17). The van der Waals surface area contributed by atoms with Gasteiger partial charge in [0.15, 0.2) is 0 Å². The number of nitrogens with zero attached hydrogens (tertiary/aromatic N) is 1. The first-order valence-corrected chi connectivity index (χ1v) is 5.86. The number of amides is 2. The van der Waals surface area contributed by atoms with Crippen LogP contribution in [0.2, 0.25) is 0 Å². The molecule has 1 aliphatic heterocycles. The average molecular weight is 248 g/mol. The van der Waals surface area contributed by atoms with Crippen molar-refractivity contribution in [1.29, 1.82) is 0 Å². The van der Waals surface area contributed by atoms with Gasteiger partial charge >= 0.3 is 0 Å². The highest BCUT2D eigenvalue weighted by molar-refractivity contribution is 6.22. The molecule has 0 atom stereocenters. The molecule has 2 rings (SSSR count). The van der Waals surface area contributed by atoms with Gasteiger partial charge in [0, 0.05) is 6.54 Å². The Balaban J connectivity index is 2.06. The van der Waals surface area contributed by atoms with Crippen LogP contribution in [0.15, 0.2) is 18.2 Å². The van der Waals surface area contributed by atoms with Gasteiger partial charge in [-0.25, -0.2) is 0 Å². The van der Waals surface area contributed by atoms with Crippen LogP contribution in [0.3, 0.4) is 0 Å². The quantitative estimate of drug-likeness (QED) is 0.621. The lowest BCUT2D eigenvalue weighted by Crippen LogP contribution is -2.20. The van der Waals surface area contributed by atoms with Crippen molar-refractivity contribution in [3.05, 3.63) is 29.3 Å². The number of carbonyl (C=O) groups is 2. The molecule has 2 amide bonds. The van der Waals surface area contributed by atoms with Gasteiger partial charge in [-0.2, -0.15) is 0 Å². The zero-order valence-electron chi connectivity index (χ0n) is 10.5. The molecule has 1 heterocycles. The van der Waals surface area contributed by atoms with E-state index in [4.69, 9.17) is 4.74 Å². The Hall–Kier alpha value is -1.88. The van der Waals surface area contributed by atoms with Crippen LogP contribution in [-0.2, 0) is 0 Å². The third kappa shape index (κ3) is 2.51. The molecule has 0 saturated carbocycles. The molecule has 1 aliphatic rings. The number of nitrogens with one attached hydrogen (secondary N) is 1. The first-order valence-electron chi connectivity index (χ1n) is 5.86. The zero-order chi connectivity index (χ0) is 13.1. The summed E-state index contributed by atoms with van der Waals surface area (Å²) in [5.74, 6) is -0.249. The van der Waals surface area contributed by atoms with Gasteiger partial charge in [-0.1, -0.05) is 6.07 Å². The molecule has 0 spiro atoms. The van der Waals surface area contributed by atoms with Crippen LogP contribution < -0.4 is 10.1 Å². The highest BCUT2D eigenvalue weighted by Crippen LogP contribution is 2.26. The predicted octanol–water partition coefficient (Wildman–Crippen LogP) is 0.901. The Kier molecular flexibility index (Phi) is 3.62. The highest BCUT2D eigenvalue weighted by atomic mass is 16.5. The number of hydrogen-bond donors (Lipinski definition) is 1. The minimum atomic E-state index is -0.377. The molecule has 0 aromatic heterocycles. The molecule has 1 aromatic rings. The molecule has 5 heteroatoms. The maximum Gasteiger partial charge on any atom is 0.262 e. The van der Waals surface area contributed by atoms with Crippen molar-refractivity contribution in [1.82, 2.24) is 10.2 Å². The fourth-order valence-electron chi connectivity index (χ4n) is 1.87. The summed E-state index contributed by atoms with van der Waals surface area (Å²) in [4.78, 5) is 25.1. The molecular formula is C13H16N2O3. The molecule has 96 valence electrons. The van der Waals surface area contributed by atoms with Crippen LogP contribution in [0.4, 0.5) is 0 Å². The summed E-state index contributed by atoms with van der Waals surface area (Å²) in [6.07, 6.45) is 0.867. The van der Waals surface area contributed by atoms with Crippen LogP contribution >= 0.6 is 0 Å². The van der Waals surface area contributed by atoms with Gasteiger partial charge in [0.1, 0.15) is 5.75 Å². The van der Waals surface area contributed by atoms with E-state index in [1.807, 2.05) is 14.1 Å². The van der Waals surface area contributed by atoms with E-state index in [9.17, 15) is 9.59 Å². The van der Waals surface area contributed by atoms with Gasteiger partial charge in [0.2, 0.25) is 0 Å². The summed E-state index contributed by atoms with van der Waals surface area (Å²) in [7, 11) is 3.98. The van der Waals surface area contributed by atoms with E-state index in [-0.39, 0.29) is 11.8 Å². The lowest BCUT2D eigenvalue weighted by molar-refractivity contribution is 0.0878. The summed E-state index contributed by atoms with van der Waals surface area (Å²) in [5.41, 5.74) is 0.748. The molecule has 1 aromatic carbocycles. The third-order valence-corrected chi connectivity index (χ3v) is 2.73. The molecule has 0 bridgehead atoms. The van der Waals surface area contributed by atoms with Crippen molar-refractivity contribution in [2.24, 2.45) is 0 Å². The topological polar surface area (TPSA) is 58.6 Å². The van der Waals surface area contributed by atoms with Crippen LogP contribution in [0.25, 0.3) is 0 Å². The molecule has 1 N–H and O–H groups in total. The average Bonchev–Trinajstić information content (AvgIpc) is 2.61. The van der Waals surface area contributed by atoms with E-state index in [0.29, 0.717) is 23.5 Å². The van der Waals surface area contributed by atoms with Gasteiger partial charge in [0.05, 0.1) is 17.7 Å². The van der Waals surface area contributed by atoms with Crippen molar-refractivity contribution in [2.75, 3.05) is 27.2 Å². The first kappa shape index (κ1) is 12.6. The summed E-state index contributed by atoms with van der Waals surface area (Å²) < 4.78 is 5.58. The van der Waals surface area contributed by atoms with E-state index >= 15 is 0 Å². The van der Waals surface area contributed by atoms with Crippen molar-refractivity contribution >= 4 is 11.8 Å². The van der Waals surface area contributed by atoms with Crippen LogP contribution in [0.5, 0.6) is 5.75 Å². The van der Waals surface area contributed by atoms with E-state index < -0.39 is 0 Å². The van der Waals surface area contributed by atoms with E-state index in [1.54, 1.807) is 18.2 Å². The molecule has 0 aliphatic carbocycles. The molecule has 0 radical (unpaired) electrons. The largest absolute Gasteiger partial charge is 0.493 e. The summed E-state index contributed by atoms with van der Waals surface area (Å²) >= 11 is 0. The number of ether oxygens (including phenoxy) is 1. The van der Waals surface area contributed by atoms with E-state index in [0.717, 1.165) is 13.0 Å². The third-order valence-electron chi connectivity index (χ3n) is 2.73. The number of imide groups is 1. The van der Waals surface area contributed by atoms with Gasteiger partial charge in [-0.3, -0.25) is 14.9 Å². The Morgan fingerprint density at radius 3 is 2.72 bits per heavy atom. The number of hydrogen-bond acceptors (Lipinski definition) is 4. The van der Waals surface area contributed by atoms with Gasteiger partial charge in [0.25, 0.3) is 11.8 Å². The zero-order valence-corrected chi connectivity index (χ0v) is 10.5. The molecule has 5 nitrogen and oxygen atoms in total. The predicted molar refractivity (Wildman–Crippen MR) is 66.9 cm³/mol. The SMILES string of the molecule is CN(C)CCCOc1cccc2c1C(=O)NC2=O. The minimum absolute atomic E-state index is 0.353. The Bertz CT molecular complexity index is 483. The highest BCUT2D eigenvalue weighted by Gasteiger charge is 2.29. The maximum atomic E-state index is 11.6. The maximum absolute atomic E-state index is 11.6. The Morgan fingerprint density at radius 2 is 2.00 bits per heavy atom. The van der Waals surface area contributed by atoms with Crippen LogP contribution in [0, 0.1) is 0 Å². The summed E-state index contributed by atoms with van der Waals surface area (Å²) in [6, 6.07) is 5.06. The van der Waals surface area contributed by atoms with Crippen molar-refractivity contribution < 1.29 is 14.3 Å². The second kappa shape index (κ2) is 5.18. The van der Waals surface area contributed by atoms with E-state index in [1.165, 1.54) is 0 Å². The van der Waals surface area contributed by atoms with Crippen molar-refractivity contribution in [2.45, 2.75) is 6.42 Å².